The number of anilines is 2. The highest BCUT2D eigenvalue weighted by Gasteiger charge is 2.21. The van der Waals surface area contributed by atoms with E-state index in [-0.39, 0.29) is 36.6 Å². The molecule has 1 aromatic rings. The van der Waals surface area contributed by atoms with Crippen LogP contribution >= 0.6 is 24.8 Å². The van der Waals surface area contributed by atoms with Gasteiger partial charge in [0.2, 0.25) is 5.91 Å². The first-order valence-corrected chi connectivity index (χ1v) is 8.94. The summed E-state index contributed by atoms with van der Waals surface area (Å²) in [6.45, 7) is 2.24. The van der Waals surface area contributed by atoms with Gasteiger partial charge in [0, 0.05) is 12.0 Å². The predicted molar refractivity (Wildman–Crippen MR) is 108 cm³/mol. The van der Waals surface area contributed by atoms with E-state index in [0.717, 1.165) is 44.6 Å². The standard InChI is InChI=1S/C18H28N4O.2ClH/c1-22-12-10-15(11-13-22)19-16-8-5-9-17(20-16)21-18(23)14-6-3-2-4-7-14;;/h5,8-9,14-15H,2-4,6-7,10-13H2,1H3,(H2,19,20,21,23);2*1H. The summed E-state index contributed by atoms with van der Waals surface area (Å²) >= 11 is 0. The van der Waals surface area contributed by atoms with Crippen molar-refractivity contribution >= 4 is 42.4 Å². The average Bonchev–Trinajstić information content (AvgIpc) is 2.58. The van der Waals surface area contributed by atoms with E-state index >= 15 is 0 Å². The Hall–Kier alpha value is -1.04. The quantitative estimate of drug-likeness (QED) is 0.819. The summed E-state index contributed by atoms with van der Waals surface area (Å²) in [5.74, 6) is 1.82. The molecule has 1 aliphatic carbocycles. The molecule has 1 aromatic heterocycles. The fraction of sp³-hybridized carbons (Fsp3) is 0.667. The van der Waals surface area contributed by atoms with Gasteiger partial charge in [0.1, 0.15) is 11.6 Å². The first kappa shape index (κ1) is 22.0. The largest absolute Gasteiger partial charge is 0.367 e. The zero-order chi connectivity index (χ0) is 16.1. The predicted octanol–water partition coefficient (Wildman–Crippen LogP) is 3.95. The molecule has 142 valence electrons. The second-order valence-electron chi connectivity index (χ2n) is 6.95. The van der Waals surface area contributed by atoms with Crippen molar-refractivity contribution < 1.29 is 4.79 Å². The lowest BCUT2D eigenvalue weighted by Crippen LogP contribution is -2.36. The lowest BCUT2D eigenvalue weighted by atomic mass is 9.89. The van der Waals surface area contributed by atoms with Gasteiger partial charge in [-0.25, -0.2) is 4.98 Å². The number of likely N-dealkylation sites (tertiary alicyclic amines) is 1. The number of hydrogen-bond donors (Lipinski definition) is 2. The van der Waals surface area contributed by atoms with Crippen molar-refractivity contribution in [3.8, 4) is 0 Å². The maximum absolute atomic E-state index is 12.3. The van der Waals surface area contributed by atoms with Gasteiger partial charge in [0.15, 0.2) is 0 Å². The zero-order valence-electron chi connectivity index (χ0n) is 14.9. The van der Waals surface area contributed by atoms with Gasteiger partial charge in [-0.05, 0) is 58.0 Å². The first-order chi connectivity index (χ1) is 11.2. The van der Waals surface area contributed by atoms with Crippen LogP contribution < -0.4 is 10.6 Å². The zero-order valence-corrected chi connectivity index (χ0v) is 16.5. The van der Waals surface area contributed by atoms with Crippen LogP contribution in [0.5, 0.6) is 0 Å². The monoisotopic (exact) mass is 388 g/mol. The molecular weight excluding hydrogens is 359 g/mol. The number of carbonyl (C=O) groups is 1. The Morgan fingerprint density at radius 1 is 1.04 bits per heavy atom. The van der Waals surface area contributed by atoms with Crippen LogP contribution in [0.15, 0.2) is 18.2 Å². The highest BCUT2D eigenvalue weighted by molar-refractivity contribution is 5.91. The maximum atomic E-state index is 12.3. The minimum atomic E-state index is 0. The molecule has 2 aliphatic rings. The normalized spacial score (nSPS) is 19.4. The van der Waals surface area contributed by atoms with Crippen molar-refractivity contribution in [3.05, 3.63) is 18.2 Å². The first-order valence-electron chi connectivity index (χ1n) is 8.94. The van der Waals surface area contributed by atoms with Gasteiger partial charge in [0.05, 0.1) is 0 Å². The van der Waals surface area contributed by atoms with Gasteiger partial charge in [0.25, 0.3) is 0 Å². The highest BCUT2D eigenvalue weighted by atomic mass is 35.5. The molecule has 2 heterocycles. The molecule has 1 aliphatic heterocycles. The number of piperidine rings is 1. The summed E-state index contributed by atoms with van der Waals surface area (Å²) in [7, 11) is 2.16. The fourth-order valence-corrected chi connectivity index (χ4v) is 3.54. The third kappa shape index (κ3) is 6.65. The molecule has 0 bridgehead atoms. The second-order valence-corrected chi connectivity index (χ2v) is 6.95. The van der Waals surface area contributed by atoms with Crippen molar-refractivity contribution in [2.24, 2.45) is 5.92 Å². The van der Waals surface area contributed by atoms with Gasteiger partial charge in [-0.2, -0.15) is 0 Å². The maximum Gasteiger partial charge on any atom is 0.228 e. The summed E-state index contributed by atoms with van der Waals surface area (Å²) in [5.41, 5.74) is 0. The number of nitrogens with zero attached hydrogens (tertiary/aromatic N) is 2. The number of carbonyl (C=O) groups excluding carboxylic acids is 1. The molecule has 7 heteroatoms. The molecular formula is C18H30Cl2N4O. The van der Waals surface area contributed by atoms with E-state index in [1.165, 1.54) is 19.3 Å². The van der Waals surface area contributed by atoms with E-state index in [9.17, 15) is 4.79 Å². The molecule has 0 aromatic carbocycles. The van der Waals surface area contributed by atoms with Crippen LogP contribution in [0.3, 0.4) is 0 Å². The summed E-state index contributed by atoms with van der Waals surface area (Å²) in [5, 5.41) is 6.50. The van der Waals surface area contributed by atoms with Gasteiger partial charge in [-0.1, -0.05) is 25.3 Å². The minimum absolute atomic E-state index is 0. The lowest BCUT2D eigenvalue weighted by Gasteiger charge is -2.29. The molecule has 3 rings (SSSR count). The molecule has 1 amide bonds. The summed E-state index contributed by atoms with van der Waals surface area (Å²) in [6, 6.07) is 6.29. The van der Waals surface area contributed by atoms with Crippen molar-refractivity contribution in [1.29, 1.82) is 0 Å². The van der Waals surface area contributed by atoms with Crippen LogP contribution in [0.1, 0.15) is 44.9 Å². The Bertz CT molecular complexity index is 530. The van der Waals surface area contributed by atoms with Crippen molar-refractivity contribution in [2.45, 2.75) is 51.0 Å². The van der Waals surface area contributed by atoms with Crippen LogP contribution in [-0.4, -0.2) is 42.0 Å². The molecule has 2 fully saturated rings. The van der Waals surface area contributed by atoms with Gasteiger partial charge < -0.3 is 15.5 Å². The Morgan fingerprint density at radius 3 is 2.36 bits per heavy atom. The van der Waals surface area contributed by atoms with Gasteiger partial charge in [-0.15, -0.1) is 24.8 Å². The number of hydrogen-bond acceptors (Lipinski definition) is 4. The average molecular weight is 389 g/mol. The number of rotatable bonds is 4. The molecule has 0 radical (unpaired) electrons. The Kier molecular flexibility index (Phi) is 9.54. The number of aromatic nitrogens is 1. The van der Waals surface area contributed by atoms with Gasteiger partial charge >= 0.3 is 0 Å². The summed E-state index contributed by atoms with van der Waals surface area (Å²) in [6.07, 6.45) is 7.90. The second kappa shape index (κ2) is 10.8. The topological polar surface area (TPSA) is 57.3 Å². The molecule has 1 saturated carbocycles. The van der Waals surface area contributed by atoms with Crippen molar-refractivity contribution in [2.75, 3.05) is 30.8 Å². The van der Waals surface area contributed by atoms with Crippen molar-refractivity contribution in [3.63, 3.8) is 0 Å². The minimum Gasteiger partial charge on any atom is -0.367 e. The number of nitrogens with one attached hydrogen (secondary N) is 2. The third-order valence-corrected chi connectivity index (χ3v) is 5.05. The Labute approximate surface area is 163 Å². The third-order valence-electron chi connectivity index (χ3n) is 5.05. The number of amides is 1. The van der Waals surface area contributed by atoms with E-state index < -0.39 is 0 Å². The smallest absolute Gasteiger partial charge is 0.228 e. The molecule has 0 atom stereocenters. The fourth-order valence-electron chi connectivity index (χ4n) is 3.54. The molecule has 0 unspecified atom stereocenters. The van der Waals surface area contributed by atoms with E-state index in [1.807, 2.05) is 18.2 Å². The van der Waals surface area contributed by atoms with Gasteiger partial charge in [-0.3, -0.25) is 4.79 Å². The number of pyridine rings is 1. The van der Waals surface area contributed by atoms with Crippen LogP contribution in [-0.2, 0) is 4.79 Å². The lowest BCUT2D eigenvalue weighted by molar-refractivity contribution is -0.120. The molecule has 1 saturated heterocycles. The van der Waals surface area contributed by atoms with Crippen LogP contribution in [0.2, 0.25) is 0 Å². The molecule has 25 heavy (non-hydrogen) atoms. The van der Waals surface area contributed by atoms with E-state index in [0.29, 0.717) is 11.9 Å². The molecule has 2 N–H and O–H groups in total. The Balaban J connectivity index is 0.00000156. The highest BCUT2D eigenvalue weighted by Crippen LogP contribution is 2.25. The van der Waals surface area contributed by atoms with Crippen LogP contribution in [0, 0.1) is 5.92 Å². The van der Waals surface area contributed by atoms with Crippen LogP contribution in [0.4, 0.5) is 11.6 Å². The van der Waals surface area contributed by atoms with Crippen molar-refractivity contribution in [1.82, 2.24) is 9.88 Å². The summed E-state index contributed by atoms with van der Waals surface area (Å²) in [4.78, 5) is 19.2. The van der Waals surface area contributed by atoms with E-state index in [1.54, 1.807) is 0 Å². The number of halogens is 2. The Morgan fingerprint density at radius 2 is 1.68 bits per heavy atom. The van der Waals surface area contributed by atoms with E-state index in [2.05, 4.69) is 27.6 Å². The summed E-state index contributed by atoms with van der Waals surface area (Å²) < 4.78 is 0. The van der Waals surface area contributed by atoms with E-state index in [4.69, 9.17) is 0 Å². The SMILES string of the molecule is CN1CCC(Nc2cccc(NC(=O)C3CCCCC3)n2)CC1.Cl.Cl. The molecule has 0 spiro atoms. The van der Waals surface area contributed by atoms with Crippen LogP contribution in [0.25, 0.3) is 0 Å². The molecule has 5 nitrogen and oxygen atoms in total.